The number of halogens is 1. The summed E-state index contributed by atoms with van der Waals surface area (Å²) in [4.78, 5) is 13.2. The Labute approximate surface area is 148 Å². The van der Waals surface area contributed by atoms with E-state index < -0.39 is 0 Å². The molecule has 1 N–H and O–H groups in total. The molecule has 1 fully saturated rings. The first kappa shape index (κ1) is 15.5. The van der Waals surface area contributed by atoms with Crippen molar-refractivity contribution in [2.75, 3.05) is 11.9 Å². The molecule has 1 atom stereocenters. The Morgan fingerprint density at radius 2 is 2.25 bits per heavy atom. The number of rotatable bonds is 5. The Morgan fingerprint density at radius 3 is 3.08 bits per heavy atom. The quantitative estimate of drug-likeness (QED) is 0.726. The molecule has 1 aliphatic rings. The molecule has 0 bridgehead atoms. The Balaban J connectivity index is 1.54. The summed E-state index contributed by atoms with van der Waals surface area (Å²) >= 11 is 3.49. The van der Waals surface area contributed by atoms with Crippen molar-refractivity contribution in [3.8, 4) is 0 Å². The van der Waals surface area contributed by atoms with Crippen LogP contribution >= 0.6 is 15.9 Å². The normalized spacial score (nSPS) is 17.5. The zero-order valence-electron chi connectivity index (χ0n) is 13.2. The third kappa shape index (κ3) is 3.27. The van der Waals surface area contributed by atoms with E-state index in [2.05, 4.69) is 52.9 Å². The van der Waals surface area contributed by atoms with E-state index >= 15 is 0 Å². The van der Waals surface area contributed by atoms with Gasteiger partial charge in [-0.05, 0) is 30.5 Å². The molecule has 2 aromatic heterocycles. The molecule has 6 nitrogen and oxygen atoms in total. The maximum atomic E-state index is 5.71. The minimum atomic E-state index is 0.260. The van der Waals surface area contributed by atoms with Crippen molar-refractivity contribution in [2.24, 2.45) is 0 Å². The highest BCUT2D eigenvalue weighted by atomic mass is 79.9. The summed E-state index contributed by atoms with van der Waals surface area (Å²) in [5.74, 6) is 0.756. The first-order valence-electron chi connectivity index (χ1n) is 8.05. The minimum absolute atomic E-state index is 0.260. The van der Waals surface area contributed by atoms with Crippen molar-refractivity contribution in [3.05, 3.63) is 47.0 Å². The van der Waals surface area contributed by atoms with Crippen molar-refractivity contribution < 1.29 is 4.74 Å². The molecule has 124 valence electrons. The van der Waals surface area contributed by atoms with Crippen molar-refractivity contribution in [3.63, 3.8) is 0 Å². The first-order chi connectivity index (χ1) is 11.8. The highest BCUT2D eigenvalue weighted by molar-refractivity contribution is 9.10. The molecule has 0 saturated carbocycles. The number of aromatic nitrogens is 4. The van der Waals surface area contributed by atoms with E-state index in [0.29, 0.717) is 6.54 Å². The lowest BCUT2D eigenvalue weighted by Crippen LogP contribution is -2.14. The molecule has 3 heterocycles. The summed E-state index contributed by atoms with van der Waals surface area (Å²) < 4.78 is 8.83. The topological polar surface area (TPSA) is 64.9 Å². The average Bonchev–Trinajstić information content (AvgIpc) is 3.24. The largest absolute Gasteiger partial charge is 0.376 e. The highest BCUT2D eigenvalue weighted by Crippen LogP contribution is 2.21. The summed E-state index contributed by atoms with van der Waals surface area (Å²) in [5.41, 5.74) is 2.82. The smallest absolute Gasteiger partial charge is 0.165 e. The number of imidazole rings is 1. The lowest BCUT2D eigenvalue weighted by molar-refractivity contribution is 0.0978. The predicted octanol–water partition coefficient (Wildman–Crippen LogP) is 3.38. The fraction of sp³-hybridized carbons (Fsp3) is 0.353. The van der Waals surface area contributed by atoms with Gasteiger partial charge in [0.1, 0.15) is 11.8 Å². The second-order valence-corrected chi connectivity index (χ2v) is 6.83. The zero-order chi connectivity index (χ0) is 16.4. The lowest BCUT2D eigenvalue weighted by Gasteiger charge is -2.10. The van der Waals surface area contributed by atoms with Crippen LogP contribution in [0.5, 0.6) is 0 Å². The van der Waals surface area contributed by atoms with Crippen molar-refractivity contribution in [1.29, 1.82) is 0 Å². The number of anilines is 1. The van der Waals surface area contributed by atoms with E-state index in [1.54, 1.807) is 6.33 Å². The van der Waals surface area contributed by atoms with Crippen LogP contribution in [0.2, 0.25) is 0 Å². The summed E-state index contributed by atoms with van der Waals surface area (Å²) in [6, 6.07) is 8.19. The Hall–Kier alpha value is -1.99. The van der Waals surface area contributed by atoms with E-state index in [1.165, 1.54) is 5.56 Å². The van der Waals surface area contributed by atoms with Crippen LogP contribution in [0.4, 0.5) is 5.82 Å². The van der Waals surface area contributed by atoms with Gasteiger partial charge in [0.05, 0.1) is 19.0 Å². The van der Waals surface area contributed by atoms with E-state index in [-0.39, 0.29) is 6.10 Å². The number of benzene rings is 1. The van der Waals surface area contributed by atoms with Gasteiger partial charge in [0.15, 0.2) is 11.5 Å². The highest BCUT2D eigenvalue weighted by Gasteiger charge is 2.18. The van der Waals surface area contributed by atoms with Crippen LogP contribution in [0.15, 0.2) is 41.4 Å². The molecule has 1 saturated heterocycles. The number of hydrogen-bond donors (Lipinski definition) is 1. The summed E-state index contributed by atoms with van der Waals surface area (Å²) in [5, 5.41) is 3.36. The maximum Gasteiger partial charge on any atom is 0.165 e. The second-order valence-electron chi connectivity index (χ2n) is 5.91. The van der Waals surface area contributed by atoms with E-state index in [4.69, 9.17) is 4.74 Å². The van der Waals surface area contributed by atoms with E-state index in [1.807, 2.05) is 18.5 Å². The molecule has 3 aromatic rings. The molecule has 1 aliphatic heterocycles. The first-order valence-corrected chi connectivity index (χ1v) is 8.84. The number of nitrogens with zero attached hydrogens (tertiary/aromatic N) is 4. The fourth-order valence-electron chi connectivity index (χ4n) is 2.98. The van der Waals surface area contributed by atoms with Crippen LogP contribution in [0.25, 0.3) is 11.2 Å². The van der Waals surface area contributed by atoms with Gasteiger partial charge in [-0.3, -0.25) is 0 Å². The monoisotopic (exact) mass is 387 g/mol. The van der Waals surface area contributed by atoms with E-state index in [9.17, 15) is 0 Å². The number of ether oxygens (including phenoxy) is 1. The molecule has 0 spiro atoms. The molecule has 0 aliphatic carbocycles. The summed E-state index contributed by atoms with van der Waals surface area (Å²) in [7, 11) is 0. The molecule has 0 amide bonds. The number of fused-ring (bicyclic) bond motifs is 1. The minimum Gasteiger partial charge on any atom is -0.376 e. The van der Waals surface area contributed by atoms with E-state index in [0.717, 1.165) is 47.4 Å². The van der Waals surface area contributed by atoms with Crippen LogP contribution in [0.3, 0.4) is 0 Å². The van der Waals surface area contributed by atoms with Crippen molar-refractivity contribution >= 4 is 32.9 Å². The predicted molar refractivity (Wildman–Crippen MR) is 95.8 cm³/mol. The SMILES string of the molecule is Brc1cccc(CNc2ncnc3c2ncn3CC2CCCO2)c1. The molecule has 7 heteroatoms. The molecular weight excluding hydrogens is 370 g/mol. The Bertz CT molecular complexity index is 844. The fourth-order valence-corrected chi connectivity index (χ4v) is 3.43. The van der Waals surface area contributed by atoms with Gasteiger partial charge in [-0.15, -0.1) is 0 Å². The third-order valence-corrected chi connectivity index (χ3v) is 4.67. The van der Waals surface area contributed by atoms with Gasteiger partial charge >= 0.3 is 0 Å². The Kier molecular flexibility index (Phi) is 4.44. The van der Waals surface area contributed by atoms with Crippen LogP contribution < -0.4 is 5.32 Å². The van der Waals surface area contributed by atoms with Gasteiger partial charge in [-0.2, -0.15) is 0 Å². The van der Waals surface area contributed by atoms with Crippen molar-refractivity contribution in [1.82, 2.24) is 19.5 Å². The van der Waals surface area contributed by atoms with Gasteiger partial charge in [-0.1, -0.05) is 28.1 Å². The van der Waals surface area contributed by atoms with Crippen LogP contribution in [-0.2, 0) is 17.8 Å². The molecular formula is C17H18BrN5O. The van der Waals surface area contributed by atoms with Crippen LogP contribution in [-0.4, -0.2) is 32.2 Å². The number of nitrogens with one attached hydrogen (secondary N) is 1. The molecule has 4 rings (SSSR count). The van der Waals surface area contributed by atoms with Gasteiger partial charge in [0.2, 0.25) is 0 Å². The third-order valence-electron chi connectivity index (χ3n) is 4.17. The van der Waals surface area contributed by atoms with Crippen LogP contribution in [0, 0.1) is 0 Å². The Morgan fingerprint density at radius 1 is 1.29 bits per heavy atom. The average molecular weight is 388 g/mol. The second kappa shape index (κ2) is 6.86. The molecule has 1 unspecified atom stereocenters. The number of hydrogen-bond acceptors (Lipinski definition) is 5. The van der Waals surface area contributed by atoms with Gasteiger partial charge in [0, 0.05) is 17.6 Å². The molecule has 24 heavy (non-hydrogen) atoms. The standard InChI is InChI=1S/C17H18BrN5O/c18-13-4-1-3-12(7-13)8-19-16-15-17(21-10-20-16)23(11-22-15)9-14-5-2-6-24-14/h1,3-4,7,10-11,14H,2,5-6,8-9H2,(H,19,20,21). The van der Waals surface area contributed by atoms with Crippen molar-refractivity contribution in [2.45, 2.75) is 32.0 Å². The zero-order valence-corrected chi connectivity index (χ0v) is 14.7. The summed E-state index contributed by atoms with van der Waals surface area (Å²) in [6.07, 6.45) is 5.89. The molecule has 1 aromatic carbocycles. The lowest BCUT2D eigenvalue weighted by atomic mass is 10.2. The van der Waals surface area contributed by atoms with Crippen LogP contribution in [0.1, 0.15) is 18.4 Å². The van der Waals surface area contributed by atoms with Gasteiger partial charge in [-0.25, -0.2) is 15.0 Å². The van der Waals surface area contributed by atoms with Gasteiger partial charge in [0.25, 0.3) is 0 Å². The van der Waals surface area contributed by atoms with Gasteiger partial charge < -0.3 is 14.6 Å². The maximum absolute atomic E-state index is 5.71. The molecule has 0 radical (unpaired) electrons. The summed E-state index contributed by atoms with van der Waals surface area (Å²) in [6.45, 7) is 2.33.